The molecular weight excluding hydrogens is 432 g/mol. The summed E-state index contributed by atoms with van der Waals surface area (Å²) < 4.78 is 14.3. The summed E-state index contributed by atoms with van der Waals surface area (Å²) in [6, 6.07) is 17.0. The lowest BCUT2D eigenvalue weighted by Crippen LogP contribution is -2.48. The molecule has 0 radical (unpaired) electrons. The summed E-state index contributed by atoms with van der Waals surface area (Å²) in [5.74, 6) is -0.502. The van der Waals surface area contributed by atoms with Crippen LogP contribution in [-0.2, 0) is 22.3 Å². The number of rotatable bonds is 4. The first-order chi connectivity index (χ1) is 11.4. The molecule has 0 aliphatic carbocycles. The Balaban J connectivity index is 1.86. The monoisotopic (exact) mass is 452 g/mol. The van der Waals surface area contributed by atoms with Gasteiger partial charge in [0.1, 0.15) is 0 Å². The quantitative estimate of drug-likeness (QED) is 0.585. The Kier molecular flexibility index (Phi) is 5.50. The van der Waals surface area contributed by atoms with Crippen molar-refractivity contribution < 1.29 is 9.47 Å². The molecule has 1 saturated heterocycles. The van der Waals surface area contributed by atoms with Crippen LogP contribution in [0.4, 0.5) is 0 Å². The molecule has 0 unspecified atom stereocenters. The van der Waals surface area contributed by atoms with E-state index in [-0.39, 0.29) is 5.41 Å². The van der Waals surface area contributed by atoms with Crippen LogP contribution in [0.25, 0.3) is 0 Å². The summed E-state index contributed by atoms with van der Waals surface area (Å²) >= 11 is 7.14. The van der Waals surface area contributed by atoms with Gasteiger partial charge in [-0.25, -0.2) is 0 Å². The third kappa shape index (κ3) is 4.69. The summed E-state index contributed by atoms with van der Waals surface area (Å²) in [5, 5.41) is 0. The maximum Gasteiger partial charge on any atom is 0.162 e. The Labute approximate surface area is 160 Å². The van der Waals surface area contributed by atoms with Gasteiger partial charge in [-0.2, -0.15) is 0 Å². The van der Waals surface area contributed by atoms with Gasteiger partial charge in [0.05, 0.1) is 13.2 Å². The fourth-order valence-corrected chi connectivity index (χ4v) is 4.06. The average Bonchev–Trinajstić information content (AvgIpc) is 2.51. The van der Waals surface area contributed by atoms with Crippen LogP contribution in [0, 0.1) is 5.41 Å². The van der Waals surface area contributed by atoms with Crippen molar-refractivity contribution in [2.24, 2.45) is 5.41 Å². The zero-order valence-corrected chi connectivity index (χ0v) is 17.2. The first-order valence-electron chi connectivity index (χ1n) is 8.13. The lowest BCUT2D eigenvalue weighted by atomic mass is 9.77. The standard InChI is InChI=1S/C20H22Br2O2/c1-19(2)23-13-20(14-24-19,11-15-5-3-7-17(21)9-15)12-16-6-4-8-18(22)10-16/h3-10H,11-14H2,1-2H3. The van der Waals surface area contributed by atoms with Crippen LogP contribution < -0.4 is 0 Å². The van der Waals surface area contributed by atoms with Gasteiger partial charge >= 0.3 is 0 Å². The van der Waals surface area contributed by atoms with E-state index >= 15 is 0 Å². The summed E-state index contributed by atoms with van der Waals surface area (Å²) in [5.41, 5.74) is 2.54. The highest BCUT2D eigenvalue weighted by molar-refractivity contribution is 9.10. The minimum Gasteiger partial charge on any atom is -0.350 e. The molecule has 0 amide bonds. The highest BCUT2D eigenvalue weighted by atomic mass is 79.9. The summed E-state index contributed by atoms with van der Waals surface area (Å²) in [7, 11) is 0. The predicted octanol–water partition coefficient (Wildman–Crippen LogP) is 5.77. The molecule has 1 aliphatic rings. The molecule has 2 aromatic rings. The molecule has 0 saturated carbocycles. The molecule has 0 spiro atoms. The maximum atomic E-state index is 6.04. The molecular formula is C20H22Br2O2. The van der Waals surface area contributed by atoms with Crippen LogP contribution >= 0.6 is 31.9 Å². The largest absolute Gasteiger partial charge is 0.350 e. The third-order valence-electron chi connectivity index (χ3n) is 4.39. The van der Waals surface area contributed by atoms with Gasteiger partial charge in [-0.05, 0) is 62.1 Å². The Hall–Kier alpha value is -0.680. The van der Waals surface area contributed by atoms with Crippen LogP contribution in [0.1, 0.15) is 25.0 Å². The normalized spacial score (nSPS) is 19.2. The lowest BCUT2D eigenvalue weighted by Gasteiger charge is -2.44. The van der Waals surface area contributed by atoms with Crippen molar-refractivity contribution in [1.29, 1.82) is 0 Å². The van der Waals surface area contributed by atoms with Crippen molar-refractivity contribution in [2.45, 2.75) is 32.5 Å². The fourth-order valence-electron chi connectivity index (χ4n) is 3.16. The van der Waals surface area contributed by atoms with E-state index < -0.39 is 5.79 Å². The van der Waals surface area contributed by atoms with Gasteiger partial charge in [-0.15, -0.1) is 0 Å². The van der Waals surface area contributed by atoms with E-state index in [1.807, 2.05) is 13.8 Å². The van der Waals surface area contributed by atoms with Crippen molar-refractivity contribution in [3.63, 3.8) is 0 Å². The lowest BCUT2D eigenvalue weighted by molar-refractivity contribution is -0.285. The molecule has 1 fully saturated rings. The van der Waals surface area contributed by atoms with E-state index in [4.69, 9.17) is 9.47 Å². The molecule has 128 valence electrons. The minimum absolute atomic E-state index is 0.0584. The first kappa shape index (κ1) is 18.1. The summed E-state index contributed by atoms with van der Waals surface area (Å²) in [6.45, 7) is 5.35. The van der Waals surface area contributed by atoms with Crippen LogP contribution in [-0.4, -0.2) is 19.0 Å². The van der Waals surface area contributed by atoms with Crippen LogP contribution in [0.3, 0.4) is 0 Å². The zero-order chi connectivity index (χ0) is 17.2. The summed E-state index contributed by atoms with van der Waals surface area (Å²) in [4.78, 5) is 0. The molecule has 0 bridgehead atoms. The number of hydrogen-bond acceptors (Lipinski definition) is 2. The molecule has 0 N–H and O–H groups in total. The van der Waals surface area contributed by atoms with E-state index in [1.54, 1.807) is 0 Å². The van der Waals surface area contributed by atoms with Crippen molar-refractivity contribution in [2.75, 3.05) is 13.2 Å². The molecule has 3 rings (SSSR count). The second-order valence-corrected chi connectivity index (χ2v) is 8.92. The summed E-state index contributed by atoms with van der Waals surface area (Å²) in [6.07, 6.45) is 1.85. The van der Waals surface area contributed by atoms with E-state index in [9.17, 15) is 0 Å². The van der Waals surface area contributed by atoms with Gasteiger partial charge in [0.15, 0.2) is 5.79 Å². The van der Waals surface area contributed by atoms with Crippen LogP contribution in [0.5, 0.6) is 0 Å². The molecule has 1 aliphatic heterocycles. The average molecular weight is 454 g/mol. The highest BCUT2D eigenvalue weighted by Crippen LogP contribution is 2.36. The third-order valence-corrected chi connectivity index (χ3v) is 5.37. The van der Waals surface area contributed by atoms with Crippen molar-refractivity contribution >= 4 is 31.9 Å². The van der Waals surface area contributed by atoms with Crippen LogP contribution in [0.15, 0.2) is 57.5 Å². The molecule has 4 heteroatoms. The SMILES string of the molecule is CC1(C)OCC(Cc2cccc(Br)c2)(Cc2cccc(Br)c2)CO1. The Morgan fingerprint density at radius 2 is 1.29 bits per heavy atom. The molecule has 0 aromatic heterocycles. The molecule has 1 heterocycles. The van der Waals surface area contributed by atoms with E-state index in [0.29, 0.717) is 13.2 Å². The van der Waals surface area contributed by atoms with Gasteiger partial charge in [-0.1, -0.05) is 56.1 Å². The highest BCUT2D eigenvalue weighted by Gasteiger charge is 2.40. The van der Waals surface area contributed by atoms with Gasteiger partial charge in [-0.3, -0.25) is 0 Å². The van der Waals surface area contributed by atoms with Crippen molar-refractivity contribution in [3.05, 3.63) is 68.6 Å². The second-order valence-electron chi connectivity index (χ2n) is 7.09. The van der Waals surface area contributed by atoms with Crippen LogP contribution in [0.2, 0.25) is 0 Å². The zero-order valence-electron chi connectivity index (χ0n) is 14.0. The maximum absolute atomic E-state index is 6.04. The first-order valence-corrected chi connectivity index (χ1v) is 9.71. The smallest absolute Gasteiger partial charge is 0.162 e. The second kappa shape index (κ2) is 7.28. The van der Waals surface area contributed by atoms with Gasteiger partial charge in [0, 0.05) is 14.4 Å². The minimum atomic E-state index is -0.502. The Morgan fingerprint density at radius 3 is 1.71 bits per heavy atom. The van der Waals surface area contributed by atoms with E-state index in [2.05, 4.69) is 80.4 Å². The number of hydrogen-bond donors (Lipinski definition) is 0. The number of benzene rings is 2. The van der Waals surface area contributed by atoms with Crippen molar-refractivity contribution in [1.82, 2.24) is 0 Å². The fraction of sp³-hybridized carbons (Fsp3) is 0.400. The number of halogens is 2. The topological polar surface area (TPSA) is 18.5 Å². The van der Waals surface area contributed by atoms with Gasteiger partial charge in [0.2, 0.25) is 0 Å². The molecule has 0 atom stereocenters. The number of ether oxygens (including phenoxy) is 2. The van der Waals surface area contributed by atoms with Gasteiger partial charge in [0.25, 0.3) is 0 Å². The Morgan fingerprint density at radius 1 is 0.833 bits per heavy atom. The molecule has 24 heavy (non-hydrogen) atoms. The predicted molar refractivity (Wildman–Crippen MR) is 104 cm³/mol. The van der Waals surface area contributed by atoms with E-state index in [1.165, 1.54) is 11.1 Å². The molecule has 2 nitrogen and oxygen atoms in total. The molecule has 2 aromatic carbocycles. The Bertz CT molecular complexity index is 653. The van der Waals surface area contributed by atoms with Gasteiger partial charge < -0.3 is 9.47 Å². The van der Waals surface area contributed by atoms with E-state index in [0.717, 1.165) is 21.8 Å². The van der Waals surface area contributed by atoms with Crippen molar-refractivity contribution in [3.8, 4) is 0 Å².